The lowest BCUT2D eigenvalue weighted by atomic mass is 9.81. The van der Waals surface area contributed by atoms with E-state index in [0.717, 1.165) is 19.3 Å². The molecule has 2 aliphatic carbocycles. The van der Waals surface area contributed by atoms with Crippen LogP contribution in [0, 0.1) is 23.2 Å². The highest BCUT2D eigenvalue weighted by molar-refractivity contribution is 6.37. The number of carboxylic acid groups (broad SMARTS) is 1. The maximum Gasteiger partial charge on any atom is 0.329 e. The number of aliphatic carboxylic acids is 1. The second-order valence-corrected chi connectivity index (χ2v) is 13.5. The average molecular weight is 578 g/mol. The van der Waals surface area contributed by atoms with Gasteiger partial charge in [0.1, 0.15) is 17.6 Å². The van der Waals surface area contributed by atoms with Gasteiger partial charge in [-0.2, -0.15) is 0 Å². The van der Waals surface area contributed by atoms with Crippen molar-refractivity contribution in [2.75, 3.05) is 6.54 Å². The molecule has 6 N–H and O–H groups in total. The number of nitrogens with one attached hydrogen (secondary N) is 3. The van der Waals surface area contributed by atoms with Crippen molar-refractivity contribution in [3.05, 3.63) is 0 Å². The van der Waals surface area contributed by atoms with Crippen molar-refractivity contribution in [1.29, 1.82) is 0 Å². The number of likely N-dealkylation sites (tertiary alicyclic amines) is 1. The molecule has 0 aromatic rings. The van der Waals surface area contributed by atoms with Crippen LogP contribution in [0.1, 0.15) is 92.4 Å². The van der Waals surface area contributed by atoms with Gasteiger partial charge in [-0.05, 0) is 48.9 Å². The van der Waals surface area contributed by atoms with E-state index < -0.39 is 64.6 Å². The summed E-state index contributed by atoms with van der Waals surface area (Å²) in [5, 5.41) is 18.0. The van der Waals surface area contributed by atoms with Crippen molar-refractivity contribution in [3.8, 4) is 0 Å². The Morgan fingerprint density at radius 2 is 1.59 bits per heavy atom. The standard InChI is InChI=1S/C29H47N5O7/c1-16(2)18-11-14-34(20(18)24(37)31-19(15-17-9-10-17)21(35)23(30)36)25(38)22(28(3,4)5)32-27(41)33-29(26(39)40)12-7-6-8-13-29/h16-20,22H,6-15H2,1-5H3,(H2,30,36)(H,31,37)(H,39,40)(H2,32,33,41)/t18?,19?,20-,22+/m0/s1. The van der Waals surface area contributed by atoms with E-state index in [1.165, 1.54) is 4.90 Å². The second-order valence-electron chi connectivity index (χ2n) is 13.5. The zero-order valence-corrected chi connectivity index (χ0v) is 25.0. The largest absolute Gasteiger partial charge is 0.480 e. The number of rotatable bonds is 11. The van der Waals surface area contributed by atoms with Gasteiger partial charge in [0.05, 0.1) is 6.04 Å². The molecule has 1 saturated heterocycles. The van der Waals surface area contributed by atoms with E-state index in [1.54, 1.807) is 20.8 Å². The summed E-state index contributed by atoms with van der Waals surface area (Å²) in [6.45, 7) is 9.53. The molecule has 2 saturated carbocycles. The van der Waals surface area contributed by atoms with Crippen molar-refractivity contribution in [2.24, 2.45) is 28.9 Å². The van der Waals surface area contributed by atoms with Crippen LogP contribution in [-0.4, -0.2) is 75.7 Å². The van der Waals surface area contributed by atoms with Gasteiger partial charge in [0, 0.05) is 6.54 Å². The number of ketones is 1. The number of carbonyl (C=O) groups is 6. The minimum Gasteiger partial charge on any atom is -0.480 e. The molecule has 12 heteroatoms. The Bertz CT molecular complexity index is 1040. The van der Waals surface area contributed by atoms with Gasteiger partial charge in [-0.1, -0.05) is 66.7 Å². The van der Waals surface area contributed by atoms with Crippen LogP contribution < -0.4 is 21.7 Å². The number of carboxylic acids is 1. The van der Waals surface area contributed by atoms with Crippen LogP contribution >= 0.6 is 0 Å². The highest BCUT2D eigenvalue weighted by atomic mass is 16.4. The third kappa shape index (κ3) is 7.77. The molecule has 4 atom stereocenters. The van der Waals surface area contributed by atoms with E-state index in [1.807, 2.05) is 13.8 Å². The number of hydrogen-bond acceptors (Lipinski definition) is 6. The number of nitrogens with two attached hydrogens (primary N) is 1. The summed E-state index contributed by atoms with van der Waals surface area (Å²) in [5.41, 5.74) is 3.09. The molecule has 230 valence electrons. The maximum absolute atomic E-state index is 14.1. The summed E-state index contributed by atoms with van der Waals surface area (Å²) in [6.07, 6.45) is 5.53. The molecule has 3 aliphatic rings. The van der Waals surface area contributed by atoms with E-state index >= 15 is 0 Å². The number of primary amides is 1. The molecule has 1 aliphatic heterocycles. The van der Waals surface area contributed by atoms with Gasteiger partial charge in [-0.3, -0.25) is 19.2 Å². The van der Waals surface area contributed by atoms with Crippen LogP contribution in [0.2, 0.25) is 0 Å². The highest BCUT2D eigenvalue weighted by Gasteiger charge is 2.49. The molecule has 5 amide bonds. The lowest BCUT2D eigenvalue weighted by Gasteiger charge is -2.38. The Kier molecular flexibility index (Phi) is 10.1. The number of hydrogen-bond donors (Lipinski definition) is 5. The first-order valence-electron chi connectivity index (χ1n) is 14.8. The monoisotopic (exact) mass is 577 g/mol. The molecule has 0 aromatic carbocycles. The van der Waals surface area contributed by atoms with Gasteiger partial charge >= 0.3 is 12.0 Å². The first-order chi connectivity index (χ1) is 19.1. The fourth-order valence-electron chi connectivity index (χ4n) is 6.19. The maximum atomic E-state index is 14.1. The van der Waals surface area contributed by atoms with E-state index in [-0.39, 0.29) is 24.3 Å². The van der Waals surface area contributed by atoms with Crippen LogP contribution in [0.3, 0.4) is 0 Å². The molecule has 3 rings (SSSR count). The summed E-state index contributed by atoms with van der Waals surface area (Å²) >= 11 is 0. The Balaban J connectivity index is 1.83. The normalized spacial score (nSPS) is 23.8. The van der Waals surface area contributed by atoms with E-state index in [2.05, 4.69) is 16.0 Å². The number of amides is 5. The lowest BCUT2D eigenvalue weighted by molar-refractivity contribution is -0.146. The quantitative estimate of drug-likeness (QED) is 0.231. The SMILES string of the molecule is CC(C)C1CCN(C(=O)[C@@H](NC(=O)NC2(C(=O)O)CCCCC2)C(C)(C)C)[C@@H]1C(=O)NC(CC1CC1)C(=O)C(N)=O. The molecule has 0 radical (unpaired) electrons. The van der Waals surface area contributed by atoms with Gasteiger partial charge in [0.2, 0.25) is 17.6 Å². The van der Waals surface area contributed by atoms with Crippen molar-refractivity contribution < 1.29 is 33.9 Å². The fraction of sp³-hybridized carbons (Fsp3) is 0.793. The molecule has 3 fully saturated rings. The van der Waals surface area contributed by atoms with Gasteiger partial charge < -0.3 is 31.7 Å². The van der Waals surface area contributed by atoms with E-state index in [0.29, 0.717) is 38.5 Å². The molecule has 41 heavy (non-hydrogen) atoms. The van der Waals surface area contributed by atoms with Crippen molar-refractivity contribution in [1.82, 2.24) is 20.9 Å². The summed E-state index contributed by atoms with van der Waals surface area (Å²) < 4.78 is 0. The van der Waals surface area contributed by atoms with Crippen LogP contribution in [-0.2, 0) is 24.0 Å². The third-order valence-electron chi connectivity index (χ3n) is 8.85. The molecular weight excluding hydrogens is 530 g/mol. The van der Waals surface area contributed by atoms with Crippen LogP contribution in [0.15, 0.2) is 0 Å². The second kappa shape index (κ2) is 12.8. The summed E-state index contributed by atoms with van der Waals surface area (Å²) in [4.78, 5) is 78.7. The minimum absolute atomic E-state index is 0.0309. The molecule has 1 heterocycles. The van der Waals surface area contributed by atoms with Gasteiger partial charge in [0.15, 0.2) is 0 Å². The summed E-state index contributed by atoms with van der Waals surface area (Å²) in [6, 6.07) is -3.78. The topological polar surface area (TPSA) is 188 Å². The predicted octanol–water partition coefficient (Wildman–Crippen LogP) is 1.70. The smallest absolute Gasteiger partial charge is 0.329 e. The number of Topliss-reactive ketones (excluding diaryl/α,β-unsaturated/α-hetero) is 1. The first-order valence-corrected chi connectivity index (χ1v) is 14.8. The van der Waals surface area contributed by atoms with Crippen molar-refractivity contribution in [3.63, 3.8) is 0 Å². The van der Waals surface area contributed by atoms with Crippen molar-refractivity contribution >= 4 is 35.5 Å². The summed E-state index contributed by atoms with van der Waals surface area (Å²) in [5.74, 6) is -4.02. The molecule has 0 bridgehead atoms. The lowest BCUT2D eigenvalue weighted by Crippen LogP contribution is -2.64. The Hall–Kier alpha value is -3.18. The zero-order chi connectivity index (χ0) is 30.7. The number of carbonyl (C=O) groups excluding carboxylic acids is 5. The Morgan fingerprint density at radius 1 is 0.976 bits per heavy atom. The number of nitrogens with zero attached hydrogens (tertiary/aromatic N) is 1. The average Bonchev–Trinajstić information content (AvgIpc) is 3.58. The molecular formula is C29H47N5O7. The predicted molar refractivity (Wildman–Crippen MR) is 150 cm³/mol. The first kappa shape index (κ1) is 32.3. The number of urea groups is 1. The van der Waals surface area contributed by atoms with E-state index in [9.17, 15) is 33.9 Å². The van der Waals surface area contributed by atoms with E-state index in [4.69, 9.17) is 5.73 Å². The Morgan fingerprint density at radius 3 is 2.07 bits per heavy atom. The molecule has 12 nitrogen and oxygen atoms in total. The van der Waals surface area contributed by atoms with Gasteiger partial charge in [-0.25, -0.2) is 9.59 Å². The Labute approximate surface area is 241 Å². The summed E-state index contributed by atoms with van der Waals surface area (Å²) in [7, 11) is 0. The third-order valence-corrected chi connectivity index (χ3v) is 8.85. The van der Waals surface area contributed by atoms with Crippen molar-refractivity contribution in [2.45, 2.75) is 116 Å². The zero-order valence-electron chi connectivity index (χ0n) is 25.0. The van der Waals surface area contributed by atoms with Crippen LogP contribution in [0.25, 0.3) is 0 Å². The minimum atomic E-state index is -1.39. The molecule has 2 unspecified atom stereocenters. The fourth-order valence-corrected chi connectivity index (χ4v) is 6.19. The van der Waals surface area contributed by atoms with Gasteiger partial charge in [0.25, 0.3) is 5.91 Å². The molecule has 0 aromatic heterocycles. The molecule has 0 spiro atoms. The highest BCUT2D eigenvalue weighted by Crippen LogP contribution is 2.36. The van der Waals surface area contributed by atoms with Gasteiger partial charge in [-0.15, -0.1) is 0 Å². The van der Waals surface area contributed by atoms with Crippen LogP contribution in [0.4, 0.5) is 4.79 Å². The van der Waals surface area contributed by atoms with Crippen LogP contribution in [0.5, 0.6) is 0 Å².